The summed E-state index contributed by atoms with van der Waals surface area (Å²) in [6.45, 7) is 1.95. The number of aliphatic hydroxyl groups excluding tert-OH is 1. The molecular weight excluding hydrogens is 194 g/mol. The molecule has 1 aromatic rings. The fourth-order valence-corrected chi connectivity index (χ4v) is 1.50. The van der Waals surface area contributed by atoms with Crippen LogP contribution in [-0.4, -0.2) is 21.4 Å². The summed E-state index contributed by atoms with van der Waals surface area (Å²) in [6, 6.07) is 3.56. The van der Waals surface area contributed by atoms with Gasteiger partial charge in [-0.05, 0) is 18.6 Å². The first-order chi connectivity index (χ1) is 7.06. The maximum Gasteiger partial charge on any atom is 0.124 e. The van der Waals surface area contributed by atoms with Gasteiger partial charge in [-0.15, -0.1) is 0 Å². The number of aliphatic hydroxyl groups is 1. The van der Waals surface area contributed by atoms with Gasteiger partial charge in [-0.25, -0.2) is 0 Å². The van der Waals surface area contributed by atoms with Crippen molar-refractivity contribution in [1.29, 1.82) is 0 Å². The van der Waals surface area contributed by atoms with Crippen molar-refractivity contribution >= 4 is 0 Å². The van der Waals surface area contributed by atoms with E-state index >= 15 is 0 Å². The molecule has 4 heteroatoms. The van der Waals surface area contributed by atoms with Crippen LogP contribution in [0.5, 0.6) is 11.5 Å². The molecule has 0 radical (unpaired) electrons. The van der Waals surface area contributed by atoms with E-state index in [0.29, 0.717) is 12.0 Å². The van der Waals surface area contributed by atoms with Crippen LogP contribution in [0.25, 0.3) is 0 Å². The van der Waals surface area contributed by atoms with Gasteiger partial charge < -0.3 is 21.1 Å². The normalized spacial score (nSPS) is 14.9. The molecule has 0 saturated carbocycles. The third kappa shape index (κ3) is 2.84. The zero-order valence-corrected chi connectivity index (χ0v) is 8.72. The molecule has 0 aliphatic rings. The lowest BCUT2D eigenvalue weighted by Crippen LogP contribution is -2.25. The van der Waals surface area contributed by atoms with E-state index in [4.69, 9.17) is 10.8 Å². The van der Waals surface area contributed by atoms with Gasteiger partial charge in [0.15, 0.2) is 0 Å². The highest BCUT2D eigenvalue weighted by atomic mass is 16.3. The van der Waals surface area contributed by atoms with Gasteiger partial charge in [-0.1, -0.05) is 13.3 Å². The number of phenols is 2. The number of nitrogens with two attached hydrogens (primary N) is 1. The van der Waals surface area contributed by atoms with Crippen LogP contribution < -0.4 is 5.73 Å². The van der Waals surface area contributed by atoms with Gasteiger partial charge in [0, 0.05) is 11.6 Å². The maximum absolute atomic E-state index is 9.67. The van der Waals surface area contributed by atoms with Gasteiger partial charge in [-0.2, -0.15) is 0 Å². The minimum Gasteiger partial charge on any atom is -0.508 e. The van der Waals surface area contributed by atoms with Gasteiger partial charge in [0.25, 0.3) is 0 Å². The highest BCUT2D eigenvalue weighted by Gasteiger charge is 2.19. The predicted molar refractivity (Wildman–Crippen MR) is 57.6 cm³/mol. The summed E-state index contributed by atoms with van der Waals surface area (Å²) in [4.78, 5) is 0. The Morgan fingerprint density at radius 1 is 1.33 bits per heavy atom. The van der Waals surface area contributed by atoms with E-state index in [9.17, 15) is 10.2 Å². The molecule has 0 aliphatic heterocycles. The average Bonchev–Trinajstić information content (AvgIpc) is 2.17. The summed E-state index contributed by atoms with van der Waals surface area (Å²) in [7, 11) is 0. The van der Waals surface area contributed by atoms with E-state index in [1.165, 1.54) is 18.2 Å². The third-order valence-electron chi connectivity index (χ3n) is 2.37. The quantitative estimate of drug-likeness (QED) is 0.604. The number of phenolic OH excluding ortho intramolecular Hbond substituents is 2. The van der Waals surface area contributed by atoms with Crippen LogP contribution in [0.2, 0.25) is 0 Å². The number of hydrogen-bond donors (Lipinski definition) is 4. The molecule has 0 bridgehead atoms. The highest BCUT2D eigenvalue weighted by Crippen LogP contribution is 2.29. The Morgan fingerprint density at radius 3 is 2.53 bits per heavy atom. The Balaban J connectivity index is 2.86. The van der Waals surface area contributed by atoms with Gasteiger partial charge >= 0.3 is 0 Å². The van der Waals surface area contributed by atoms with Crippen molar-refractivity contribution in [1.82, 2.24) is 0 Å². The molecule has 0 amide bonds. The molecule has 0 aliphatic carbocycles. The average molecular weight is 211 g/mol. The van der Waals surface area contributed by atoms with E-state index in [-0.39, 0.29) is 11.5 Å². The van der Waals surface area contributed by atoms with Crippen LogP contribution in [0, 0.1) is 0 Å². The summed E-state index contributed by atoms with van der Waals surface area (Å²) >= 11 is 0. The Kier molecular flexibility index (Phi) is 3.94. The van der Waals surface area contributed by atoms with Crippen LogP contribution in [0.15, 0.2) is 18.2 Å². The lowest BCUT2D eigenvalue weighted by molar-refractivity contribution is 0.133. The first-order valence-corrected chi connectivity index (χ1v) is 5.01. The molecule has 84 valence electrons. The fraction of sp³-hybridized carbons (Fsp3) is 0.455. The summed E-state index contributed by atoms with van der Waals surface area (Å²) < 4.78 is 0. The predicted octanol–water partition coefficient (Wildman–Crippen LogP) is 1.26. The third-order valence-corrected chi connectivity index (χ3v) is 2.37. The van der Waals surface area contributed by atoms with Crippen LogP contribution >= 0.6 is 0 Å². The standard InChI is InChI=1S/C11H17NO3/c1-2-3-9(14)11(12)8-5-4-7(13)6-10(8)15/h4-6,9,11,13-15H,2-3,12H2,1H3/t9-,11+/m1/s1. The van der Waals surface area contributed by atoms with Crippen LogP contribution in [-0.2, 0) is 0 Å². The Labute approximate surface area is 89.0 Å². The number of rotatable bonds is 4. The lowest BCUT2D eigenvalue weighted by Gasteiger charge is -2.19. The molecule has 1 aromatic carbocycles. The molecule has 0 unspecified atom stereocenters. The molecule has 0 aromatic heterocycles. The smallest absolute Gasteiger partial charge is 0.124 e. The van der Waals surface area contributed by atoms with Crippen molar-refractivity contribution in [3.63, 3.8) is 0 Å². The van der Waals surface area contributed by atoms with Crippen LogP contribution in [0.4, 0.5) is 0 Å². The van der Waals surface area contributed by atoms with Gasteiger partial charge in [0.2, 0.25) is 0 Å². The van der Waals surface area contributed by atoms with Crippen LogP contribution in [0.1, 0.15) is 31.4 Å². The zero-order chi connectivity index (χ0) is 11.4. The molecule has 4 nitrogen and oxygen atoms in total. The molecule has 0 fully saturated rings. The summed E-state index contributed by atoms with van der Waals surface area (Å²) in [6.07, 6.45) is 0.736. The monoisotopic (exact) mass is 211 g/mol. The van der Waals surface area contributed by atoms with Crippen molar-refractivity contribution in [2.75, 3.05) is 0 Å². The van der Waals surface area contributed by atoms with E-state index in [1.54, 1.807) is 0 Å². The zero-order valence-electron chi connectivity index (χ0n) is 8.72. The first-order valence-electron chi connectivity index (χ1n) is 5.01. The molecule has 0 saturated heterocycles. The Hall–Kier alpha value is -1.26. The summed E-state index contributed by atoms with van der Waals surface area (Å²) in [5.74, 6) is -0.105. The summed E-state index contributed by atoms with van der Waals surface area (Å²) in [5, 5.41) is 28.3. The van der Waals surface area contributed by atoms with Crippen molar-refractivity contribution in [3.05, 3.63) is 23.8 Å². The second-order valence-corrected chi connectivity index (χ2v) is 3.62. The second-order valence-electron chi connectivity index (χ2n) is 3.62. The molecule has 0 spiro atoms. The van der Waals surface area contributed by atoms with E-state index in [2.05, 4.69) is 0 Å². The number of aromatic hydroxyl groups is 2. The van der Waals surface area contributed by atoms with Gasteiger partial charge in [-0.3, -0.25) is 0 Å². The molecule has 5 N–H and O–H groups in total. The Bertz CT molecular complexity index is 328. The number of hydrogen-bond acceptors (Lipinski definition) is 4. The lowest BCUT2D eigenvalue weighted by atomic mass is 9.98. The topological polar surface area (TPSA) is 86.7 Å². The van der Waals surface area contributed by atoms with Gasteiger partial charge in [0.1, 0.15) is 11.5 Å². The Morgan fingerprint density at radius 2 is 2.00 bits per heavy atom. The minimum atomic E-state index is -0.676. The first kappa shape index (κ1) is 11.8. The maximum atomic E-state index is 9.67. The van der Waals surface area contributed by atoms with Crippen molar-refractivity contribution < 1.29 is 15.3 Å². The SMILES string of the molecule is CCC[C@@H](O)[C@@H](N)c1ccc(O)cc1O. The fourth-order valence-electron chi connectivity index (χ4n) is 1.50. The minimum absolute atomic E-state index is 0.0200. The van der Waals surface area contributed by atoms with Crippen molar-refractivity contribution in [3.8, 4) is 11.5 Å². The molecular formula is C11H17NO3. The molecule has 0 heterocycles. The van der Waals surface area contributed by atoms with E-state index in [1.807, 2.05) is 6.92 Å². The molecule has 2 atom stereocenters. The largest absolute Gasteiger partial charge is 0.508 e. The van der Waals surface area contributed by atoms with Crippen LogP contribution in [0.3, 0.4) is 0 Å². The summed E-state index contributed by atoms with van der Waals surface area (Å²) in [5.41, 5.74) is 6.24. The van der Waals surface area contributed by atoms with E-state index in [0.717, 1.165) is 6.42 Å². The van der Waals surface area contributed by atoms with Crippen molar-refractivity contribution in [2.45, 2.75) is 31.9 Å². The molecule has 1 rings (SSSR count). The highest BCUT2D eigenvalue weighted by molar-refractivity contribution is 5.41. The van der Waals surface area contributed by atoms with E-state index < -0.39 is 12.1 Å². The number of benzene rings is 1. The van der Waals surface area contributed by atoms with Gasteiger partial charge in [0.05, 0.1) is 12.1 Å². The van der Waals surface area contributed by atoms with Crippen molar-refractivity contribution in [2.24, 2.45) is 5.73 Å². The molecule has 15 heavy (non-hydrogen) atoms. The second kappa shape index (κ2) is 5.00.